The lowest BCUT2D eigenvalue weighted by atomic mass is 10.1. The molecule has 2 aromatic carbocycles. The van der Waals surface area contributed by atoms with Crippen LogP contribution in [0.2, 0.25) is 0 Å². The van der Waals surface area contributed by atoms with E-state index in [1.54, 1.807) is 24.4 Å². The first kappa shape index (κ1) is 14.8. The van der Waals surface area contributed by atoms with Crippen LogP contribution >= 0.6 is 0 Å². The number of aromatic hydroxyl groups is 1. The number of aromatic nitrogens is 2. The monoisotopic (exact) mass is 307 g/mol. The molecule has 1 aromatic heterocycles. The molecule has 1 heterocycles. The van der Waals surface area contributed by atoms with Gasteiger partial charge in [-0.15, -0.1) is 0 Å². The summed E-state index contributed by atoms with van der Waals surface area (Å²) in [5, 5.41) is 12.8. The first-order valence-electron chi connectivity index (χ1n) is 7.28. The number of hydrogen-bond acceptors (Lipinski definition) is 3. The quantitative estimate of drug-likeness (QED) is 0.778. The fourth-order valence-corrected chi connectivity index (χ4v) is 2.47. The van der Waals surface area contributed by atoms with Crippen molar-refractivity contribution in [2.75, 3.05) is 0 Å². The highest BCUT2D eigenvalue weighted by molar-refractivity contribution is 5.97. The Balaban J connectivity index is 1.96. The van der Waals surface area contributed by atoms with Crippen LogP contribution in [0.15, 0.2) is 67.0 Å². The number of benzene rings is 2. The minimum Gasteiger partial charge on any atom is -0.507 e. The molecule has 1 unspecified atom stereocenters. The number of nitrogens with zero attached hydrogens (tertiary/aromatic N) is 2. The molecule has 0 saturated heterocycles. The number of rotatable bonds is 4. The van der Waals surface area contributed by atoms with E-state index in [0.29, 0.717) is 0 Å². The number of imidazole rings is 1. The highest BCUT2D eigenvalue weighted by Crippen LogP contribution is 2.22. The van der Waals surface area contributed by atoms with Crippen molar-refractivity contribution in [1.82, 2.24) is 14.9 Å². The van der Waals surface area contributed by atoms with Crippen LogP contribution in [-0.2, 0) is 7.05 Å². The van der Waals surface area contributed by atoms with Crippen molar-refractivity contribution in [1.29, 1.82) is 0 Å². The van der Waals surface area contributed by atoms with Crippen molar-refractivity contribution in [3.63, 3.8) is 0 Å². The van der Waals surface area contributed by atoms with Crippen LogP contribution in [0.25, 0.3) is 0 Å². The number of carbonyl (C=O) groups is 1. The molecule has 3 aromatic rings. The summed E-state index contributed by atoms with van der Waals surface area (Å²) >= 11 is 0. The van der Waals surface area contributed by atoms with E-state index in [-0.39, 0.29) is 17.2 Å². The van der Waals surface area contributed by atoms with E-state index in [1.165, 1.54) is 6.07 Å². The van der Waals surface area contributed by atoms with Crippen LogP contribution in [0.3, 0.4) is 0 Å². The van der Waals surface area contributed by atoms with Gasteiger partial charge < -0.3 is 15.0 Å². The molecule has 5 heteroatoms. The molecular formula is C18H17N3O2. The average Bonchev–Trinajstić information content (AvgIpc) is 2.99. The Kier molecular flexibility index (Phi) is 4.10. The topological polar surface area (TPSA) is 67.2 Å². The summed E-state index contributed by atoms with van der Waals surface area (Å²) in [5.74, 6) is 0.330. The molecule has 23 heavy (non-hydrogen) atoms. The Morgan fingerprint density at radius 1 is 1.13 bits per heavy atom. The average molecular weight is 307 g/mol. The van der Waals surface area contributed by atoms with Crippen molar-refractivity contribution in [2.45, 2.75) is 6.04 Å². The molecule has 0 aliphatic rings. The second-order valence-corrected chi connectivity index (χ2v) is 5.23. The number of phenols is 1. The van der Waals surface area contributed by atoms with Crippen LogP contribution < -0.4 is 5.32 Å². The maximum Gasteiger partial charge on any atom is 0.255 e. The number of para-hydroxylation sites is 1. The van der Waals surface area contributed by atoms with Gasteiger partial charge >= 0.3 is 0 Å². The SMILES string of the molecule is Cn1ccnc1C(NC(=O)c1ccccc1O)c1ccccc1. The van der Waals surface area contributed by atoms with E-state index in [4.69, 9.17) is 0 Å². The van der Waals surface area contributed by atoms with Gasteiger partial charge in [0.25, 0.3) is 5.91 Å². The van der Waals surface area contributed by atoms with Crippen LogP contribution in [0.4, 0.5) is 0 Å². The van der Waals surface area contributed by atoms with E-state index < -0.39 is 6.04 Å². The van der Waals surface area contributed by atoms with Crippen molar-refractivity contribution in [2.24, 2.45) is 7.05 Å². The Hall–Kier alpha value is -3.08. The lowest BCUT2D eigenvalue weighted by Crippen LogP contribution is -2.31. The summed E-state index contributed by atoms with van der Waals surface area (Å²) < 4.78 is 1.86. The van der Waals surface area contributed by atoms with Crippen molar-refractivity contribution in [3.05, 3.63) is 83.9 Å². The molecule has 3 rings (SSSR count). The van der Waals surface area contributed by atoms with Crippen molar-refractivity contribution < 1.29 is 9.90 Å². The summed E-state index contributed by atoms with van der Waals surface area (Å²) in [4.78, 5) is 16.9. The Morgan fingerprint density at radius 2 is 1.83 bits per heavy atom. The van der Waals surface area contributed by atoms with Gasteiger partial charge in [-0.1, -0.05) is 42.5 Å². The van der Waals surface area contributed by atoms with Gasteiger partial charge in [0.15, 0.2) is 0 Å². The summed E-state index contributed by atoms with van der Waals surface area (Å²) in [7, 11) is 1.88. The lowest BCUT2D eigenvalue weighted by molar-refractivity contribution is 0.0938. The Labute approximate surface area is 134 Å². The molecule has 116 valence electrons. The molecule has 0 aliphatic heterocycles. The van der Waals surface area contributed by atoms with Gasteiger partial charge in [0.2, 0.25) is 0 Å². The smallest absolute Gasteiger partial charge is 0.255 e. The standard InChI is InChI=1S/C18H17N3O2/c1-21-12-11-19-17(21)16(13-7-3-2-4-8-13)20-18(23)14-9-5-6-10-15(14)22/h2-12,16,22H,1H3,(H,20,23). The van der Waals surface area contributed by atoms with Crippen molar-refractivity contribution in [3.8, 4) is 5.75 Å². The number of amides is 1. The largest absolute Gasteiger partial charge is 0.507 e. The van der Waals surface area contributed by atoms with Crippen LogP contribution in [0.5, 0.6) is 5.75 Å². The predicted molar refractivity (Wildman–Crippen MR) is 87.1 cm³/mol. The van der Waals surface area contributed by atoms with E-state index in [1.807, 2.05) is 48.1 Å². The lowest BCUT2D eigenvalue weighted by Gasteiger charge is -2.19. The fourth-order valence-electron chi connectivity index (χ4n) is 2.47. The minimum atomic E-state index is -0.400. The maximum absolute atomic E-state index is 12.5. The van der Waals surface area contributed by atoms with E-state index in [2.05, 4.69) is 10.3 Å². The van der Waals surface area contributed by atoms with E-state index in [9.17, 15) is 9.90 Å². The summed E-state index contributed by atoms with van der Waals surface area (Å²) in [5.41, 5.74) is 1.16. The first-order chi connectivity index (χ1) is 11.2. The van der Waals surface area contributed by atoms with Gasteiger partial charge in [0.1, 0.15) is 17.6 Å². The predicted octanol–water partition coefficient (Wildman–Crippen LogP) is 2.65. The normalized spacial score (nSPS) is 11.9. The summed E-state index contributed by atoms with van der Waals surface area (Å²) in [6, 6.07) is 15.7. The Bertz CT molecular complexity index is 812. The molecule has 1 amide bonds. The van der Waals surface area contributed by atoms with Crippen LogP contribution in [0, 0.1) is 0 Å². The Morgan fingerprint density at radius 3 is 2.48 bits per heavy atom. The second-order valence-electron chi connectivity index (χ2n) is 5.23. The van der Waals surface area contributed by atoms with Gasteiger partial charge in [0.05, 0.1) is 5.56 Å². The highest BCUT2D eigenvalue weighted by atomic mass is 16.3. The molecule has 1 atom stereocenters. The molecule has 2 N–H and O–H groups in total. The summed E-state index contributed by atoms with van der Waals surface area (Å²) in [6.07, 6.45) is 3.52. The fraction of sp³-hybridized carbons (Fsp3) is 0.111. The molecule has 0 radical (unpaired) electrons. The van der Waals surface area contributed by atoms with Crippen molar-refractivity contribution >= 4 is 5.91 Å². The first-order valence-corrected chi connectivity index (χ1v) is 7.28. The number of carbonyl (C=O) groups excluding carboxylic acids is 1. The van der Waals surface area contributed by atoms with Crippen LogP contribution in [-0.4, -0.2) is 20.6 Å². The van der Waals surface area contributed by atoms with Gasteiger partial charge in [-0.3, -0.25) is 4.79 Å². The molecule has 5 nitrogen and oxygen atoms in total. The molecular weight excluding hydrogens is 290 g/mol. The molecule has 0 saturated carbocycles. The number of aryl methyl sites for hydroxylation is 1. The third-order valence-corrected chi connectivity index (χ3v) is 3.67. The van der Waals surface area contributed by atoms with Gasteiger partial charge in [-0.25, -0.2) is 4.98 Å². The summed E-state index contributed by atoms with van der Waals surface area (Å²) in [6.45, 7) is 0. The minimum absolute atomic E-state index is 0.0448. The zero-order valence-corrected chi connectivity index (χ0v) is 12.7. The highest BCUT2D eigenvalue weighted by Gasteiger charge is 2.22. The second kappa shape index (κ2) is 6.36. The number of hydrogen-bond donors (Lipinski definition) is 2. The zero-order valence-electron chi connectivity index (χ0n) is 12.7. The molecule has 0 bridgehead atoms. The number of phenolic OH excluding ortho intramolecular Hbond substituents is 1. The van der Waals surface area contributed by atoms with Crippen LogP contribution in [0.1, 0.15) is 27.8 Å². The molecule has 0 aliphatic carbocycles. The van der Waals surface area contributed by atoms with Gasteiger partial charge in [-0.05, 0) is 17.7 Å². The zero-order chi connectivity index (χ0) is 16.2. The van der Waals surface area contributed by atoms with Gasteiger partial charge in [-0.2, -0.15) is 0 Å². The van der Waals surface area contributed by atoms with E-state index >= 15 is 0 Å². The number of nitrogens with one attached hydrogen (secondary N) is 1. The van der Waals surface area contributed by atoms with Gasteiger partial charge in [0, 0.05) is 19.4 Å². The molecule has 0 fully saturated rings. The third-order valence-electron chi connectivity index (χ3n) is 3.67. The van der Waals surface area contributed by atoms with E-state index in [0.717, 1.165) is 11.4 Å². The third kappa shape index (κ3) is 3.08. The maximum atomic E-state index is 12.5. The molecule has 0 spiro atoms.